The summed E-state index contributed by atoms with van der Waals surface area (Å²) in [5.41, 5.74) is 4.95. The molecule has 2 rings (SSSR count). The molecule has 2 heterocycles. The number of amides is 1. The minimum Gasteiger partial charge on any atom is -0.409 e. The molecule has 0 aromatic carbocycles. The van der Waals surface area contributed by atoms with Gasteiger partial charge in [0.25, 0.3) is 0 Å². The lowest BCUT2D eigenvalue weighted by Crippen LogP contribution is -2.57. The Labute approximate surface area is 123 Å². The van der Waals surface area contributed by atoms with Crippen molar-refractivity contribution in [2.75, 3.05) is 32.1 Å². The molecule has 0 radical (unpaired) electrons. The van der Waals surface area contributed by atoms with E-state index in [4.69, 9.17) is 15.7 Å². The monoisotopic (exact) mass is 301 g/mol. The summed E-state index contributed by atoms with van der Waals surface area (Å²) in [6.07, 6.45) is 0.956. The van der Waals surface area contributed by atoms with Crippen LogP contribution in [-0.4, -0.2) is 58.7 Å². The molecule has 1 amide bonds. The van der Waals surface area contributed by atoms with Crippen LogP contribution in [0, 0.1) is 5.41 Å². The molecule has 0 aromatic rings. The van der Waals surface area contributed by atoms with Gasteiger partial charge in [-0.3, -0.25) is 4.79 Å². The topological polar surface area (TPSA) is 88.2 Å². The maximum atomic E-state index is 13.0. The van der Waals surface area contributed by atoms with Crippen LogP contribution in [0.2, 0.25) is 0 Å². The first-order valence-electron chi connectivity index (χ1n) is 6.90. The number of carbonyl (C=O) groups is 1. The van der Waals surface area contributed by atoms with Crippen molar-refractivity contribution < 1.29 is 14.7 Å². The van der Waals surface area contributed by atoms with Gasteiger partial charge in [0.15, 0.2) is 5.84 Å². The van der Waals surface area contributed by atoms with Crippen LogP contribution < -0.4 is 5.73 Å². The summed E-state index contributed by atoms with van der Waals surface area (Å²) in [7, 11) is 0. The molecule has 0 atom stereocenters. The van der Waals surface area contributed by atoms with E-state index in [2.05, 4.69) is 19.0 Å². The van der Waals surface area contributed by atoms with Gasteiger partial charge in [0.2, 0.25) is 5.91 Å². The Morgan fingerprint density at radius 3 is 2.60 bits per heavy atom. The number of nitrogens with zero attached hydrogens (tertiary/aromatic N) is 2. The van der Waals surface area contributed by atoms with E-state index < -0.39 is 5.41 Å². The predicted octanol–water partition coefficient (Wildman–Crippen LogP) is 0.884. The molecule has 0 spiro atoms. The second-order valence-corrected chi connectivity index (χ2v) is 7.82. The molecule has 2 fully saturated rings. The number of hydrogen-bond donors (Lipinski definition) is 2. The Morgan fingerprint density at radius 1 is 1.40 bits per heavy atom. The Morgan fingerprint density at radius 2 is 2.05 bits per heavy atom. The van der Waals surface area contributed by atoms with Crippen LogP contribution in [-0.2, 0) is 9.53 Å². The first-order chi connectivity index (χ1) is 9.41. The van der Waals surface area contributed by atoms with E-state index in [1.165, 1.54) is 0 Å². The molecule has 7 heteroatoms. The van der Waals surface area contributed by atoms with Crippen molar-refractivity contribution in [1.82, 2.24) is 4.90 Å². The second-order valence-electron chi connectivity index (χ2n) is 6.01. The zero-order valence-corrected chi connectivity index (χ0v) is 12.9. The molecule has 0 aliphatic carbocycles. The molecule has 2 aliphatic rings. The number of hydrogen-bond acceptors (Lipinski definition) is 5. The first kappa shape index (κ1) is 15.4. The summed E-state index contributed by atoms with van der Waals surface area (Å²) in [5, 5.41) is 12.2. The summed E-state index contributed by atoms with van der Waals surface area (Å²) in [6, 6.07) is 0. The predicted molar refractivity (Wildman–Crippen MR) is 79.0 cm³/mol. The van der Waals surface area contributed by atoms with Gasteiger partial charge in [0.05, 0.1) is 0 Å². The van der Waals surface area contributed by atoms with Crippen molar-refractivity contribution in [3.8, 4) is 0 Å². The van der Waals surface area contributed by atoms with Crippen molar-refractivity contribution in [1.29, 1.82) is 0 Å². The molecule has 0 bridgehead atoms. The van der Waals surface area contributed by atoms with Crippen LogP contribution in [0.4, 0.5) is 0 Å². The number of ether oxygens (including phenoxy) is 1. The van der Waals surface area contributed by atoms with Gasteiger partial charge in [0.1, 0.15) is 5.41 Å². The van der Waals surface area contributed by atoms with E-state index in [0.717, 1.165) is 5.75 Å². The Kier molecular flexibility index (Phi) is 4.49. The maximum Gasteiger partial charge on any atom is 0.236 e. The van der Waals surface area contributed by atoms with Crippen molar-refractivity contribution in [2.45, 2.75) is 31.4 Å². The van der Waals surface area contributed by atoms with Crippen LogP contribution in [0.15, 0.2) is 5.16 Å². The van der Waals surface area contributed by atoms with Gasteiger partial charge in [-0.25, -0.2) is 0 Å². The maximum absolute atomic E-state index is 13.0. The van der Waals surface area contributed by atoms with E-state index in [0.29, 0.717) is 39.1 Å². The van der Waals surface area contributed by atoms with Gasteiger partial charge in [-0.05, 0) is 26.7 Å². The summed E-state index contributed by atoms with van der Waals surface area (Å²) in [6.45, 7) is 6.61. The highest BCUT2D eigenvalue weighted by atomic mass is 32.2. The van der Waals surface area contributed by atoms with E-state index in [1.54, 1.807) is 0 Å². The van der Waals surface area contributed by atoms with E-state index in [-0.39, 0.29) is 16.5 Å². The fourth-order valence-electron chi connectivity index (χ4n) is 2.89. The molecule has 0 unspecified atom stereocenters. The van der Waals surface area contributed by atoms with Crippen LogP contribution >= 0.6 is 11.8 Å². The zero-order chi connectivity index (χ0) is 14.8. The van der Waals surface area contributed by atoms with Crippen LogP contribution in [0.25, 0.3) is 0 Å². The number of carbonyl (C=O) groups excluding carboxylic acids is 1. The van der Waals surface area contributed by atoms with Crippen LogP contribution in [0.5, 0.6) is 0 Å². The van der Waals surface area contributed by atoms with Gasteiger partial charge in [-0.2, -0.15) is 11.8 Å². The highest BCUT2D eigenvalue weighted by Crippen LogP contribution is 2.36. The summed E-state index contributed by atoms with van der Waals surface area (Å²) >= 11 is 1.87. The molecule has 0 aromatic heterocycles. The quantitative estimate of drug-likeness (QED) is 0.342. The van der Waals surface area contributed by atoms with E-state index in [1.807, 2.05) is 16.7 Å². The number of nitrogens with two attached hydrogens (primary N) is 1. The lowest BCUT2D eigenvalue weighted by atomic mass is 9.77. The second kappa shape index (κ2) is 5.81. The normalized spacial score (nSPS) is 26.3. The van der Waals surface area contributed by atoms with Crippen molar-refractivity contribution in [3.05, 3.63) is 0 Å². The fourth-order valence-corrected chi connectivity index (χ4v) is 4.00. The van der Waals surface area contributed by atoms with Crippen LogP contribution in [0.1, 0.15) is 26.7 Å². The average molecular weight is 301 g/mol. The van der Waals surface area contributed by atoms with Gasteiger partial charge < -0.3 is 20.6 Å². The fraction of sp³-hybridized carbons (Fsp3) is 0.846. The summed E-state index contributed by atoms with van der Waals surface area (Å²) < 4.78 is 5.38. The molecule has 2 saturated heterocycles. The molecule has 20 heavy (non-hydrogen) atoms. The lowest BCUT2D eigenvalue weighted by Gasteiger charge is -2.43. The molecular weight excluding hydrogens is 278 g/mol. The summed E-state index contributed by atoms with van der Waals surface area (Å²) in [5.74, 6) is 0.910. The van der Waals surface area contributed by atoms with E-state index in [9.17, 15) is 4.79 Å². The molecular formula is C13H23N3O3S. The first-order valence-corrected chi connectivity index (χ1v) is 7.89. The third kappa shape index (κ3) is 2.88. The number of thioether (sulfide) groups is 1. The molecule has 3 N–H and O–H groups in total. The van der Waals surface area contributed by atoms with Gasteiger partial charge in [-0.15, -0.1) is 0 Å². The molecule has 114 valence electrons. The summed E-state index contributed by atoms with van der Waals surface area (Å²) in [4.78, 5) is 14.8. The molecule has 0 saturated carbocycles. The van der Waals surface area contributed by atoms with E-state index >= 15 is 0 Å². The third-order valence-electron chi connectivity index (χ3n) is 4.07. The molecule has 6 nitrogen and oxygen atoms in total. The van der Waals surface area contributed by atoms with Crippen molar-refractivity contribution in [2.24, 2.45) is 16.3 Å². The van der Waals surface area contributed by atoms with Gasteiger partial charge >= 0.3 is 0 Å². The van der Waals surface area contributed by atoms with Crippen LogP contribution in [0.3, 0.4) is 0 Å². The highest BCUT2D eigenvalue weighted by molar-refractivity contribution is 8.00. The SMILES string of the molecule is CC1(C)CN(C(=O)C2(C(N)=NO)CCOCC2)CCS1. The highest BCUT2D eigenvalue weighted by Gasteiger charge is 2.48. The lowest BCUT2D eigenvalue weighted by molar-refractivity contribution is -0.143. The number of amidine groups is 1. The minimum absolute atomic E-state index is 0.0156. The number of oxime groups is 1. The van der Waals surface area contributed by atoms with Gasteiger partial charge in [-0.1, -0.05) is 5.16 Å². The van der Waals surface area contributed by atoms with Crippen molar-refractivity contribution in [3.63, 3.8) is 0 Å². The third-order valence-corrected chi connectivity index (χ3v) is 5.36. The smallest absolute Gasteiger partial charge is 0.236 e. The minimum atomic E-state index is -0.898. The number of rotatable bonds is 2. The van der Waals surface area contributed by atoms with Gasteiger partial charge in [0, 0.05) is 36.8 Å². The Hall–Kier alpha value is -0.950. The average Bonchev–Trinajstić information content (AvgIpc) is 2.45. The Bertz CT molecular complexity index is 406. The zero-order valence-electron chi connectivity index (χ0n) is 12.1. The van der Waals surface area contributed by atoms with Crippen molar-refractivity contribution >= 4 is 23.5 Å². The molecule has 2 aliphatic heterocycles. The Balaban J connectivity index is 2.23. The standard InChI is InChI=1S/C13H23N3O3S/c1-12(2)9-16(5-8-20-12)11(17)13(10(14)15-18)3-6-19-7-4-13/h18H,3-9H2,1-2H3,(H2,14,15). The largest absolute Gasteiger partial charge is 0.409 e.